The van der Waals surface area contributed by atoms with E-state index in [0.29, 0.717) is 17.9 Å². The van der Waals surface area contributed by atoms with E-state index in [9.17, 15) is 13.2 Å². The fourth-order valence-corrected chi connectivity index (χ4v) is 8.57. The van der Waals surface area contributed by atoms with Crippen molar-refractivity contribution in [1.82, 2.24) is 14.5 Å². The van der Waals surface area contributed by atoms with Crippen LogP contribution in [-0.2, 0) is 33.1 Å². The SMILES string of the molecule is CN(CC1(CCN2CCC(NC(=O)Cc3ccccc3)CC2)CCc2ccccc21)S(=O)(=O)c1cccc2ccccc12. The number of aryl methyl sites for hydroxylation is 1. The average Bonchev–Trinajstić information content (AvgIpc) is 3.39. The van der Waals surface area contributed by atoms with Gasteiger partial charge in [0.05, 0.1) is 11.3 Å². The van der Waals surface area contributed by atoms with Crippen LogP contribution in [0, 0.1) is 0 Å². The number of rotatable bonds is 10. The fraction of sp³-hybridized carbons (Fsp3) is 0.361. The highest BCUT2D eigenvalue weighted by molar-refractivity contribution is 7.89. The Balaban J connectivity index is 1.13. The summed E-state index contributed by atoms with van der Waals surface area (Å²) >= 11 is 0. The lowest BCUT2D eigenvalue weighted by atomic mass is 9.78. The van der Waals surface area contributed by atoms with Gasteiger partial charge in [-0.25, -0.2) is 12.7 Å². The van der Waals surface area contributed by atoms with Crippen molar-refractivity contribution in [3.05, 3.63) is 114 Å². The molecule has 1 saturated heterocycles. The van der Waals surface area contributed by atoms with Crippen molar-refractivity contribution in [2.75, 3.05) is 33.2 Å². The van der Waals surface area contributed by atoms with E-state index in [1.807, 2.05) is 66.7 Å². The van der Waals surface area contributed by atoms with Crippen molar-refractivity contribution < 1.29 is 13.2 Å². The van der Waals surface area contributed by atoms with Crippen LogP contribution in [0.1, 0.15) is 42.4 Å². The fourth-order valence-electron chi connectivity index (χ4n) is 7.10. The Labute approximate surface area is 255 Å². The molecule has 1 aliphatic carbocycles. The van der Waals surface area contributed by atoms with Gasteiger partial charge < -0.3 is 10.2 Å². The Morgan fingerprint density at radius 1 is 0.907 bits per heavy atom. The summed E-state index contributed by atoms with van der Waals surface area (Å²) in [5.74, 6) is 0.0848. The van der Waals surface area contributed by atoms with E-state index in [-0.39, 0.29) is 17.4 Å². The van der Waals surface area contributed by atoms with Gasteiger partial charge in [-0.15, -0.1) is 0 Å². The van der Waals surface area contributed by atoms with Crippen molar-refractivity contribution in [2.24, 2.45) is 0 Å². The molecule has 43 heavy (non-hydrogen) atoms. The number of hydrogen-bond donors (Lipinski definition) is 1. The second-order valence-electron chi connectivity index (χ2n) is 12.3. The van der Waals surface area contributed by atoms with Crippen LogP contribution in [0.4, 0.5) is 0 Å². The van der Waals surface area contributed by atoms with E-state index in [2.05, 4.69) is 34.5 Å². The maximum Gasteiger partial charge on any atom is 0.243 e. The van der Waals surface area contributed by atoms with Gasteiger partial charge in [-0.1, -0.05) is 91.0 Å². The molecule has 4 aromatic carbocycles. The first-order chi connectivity index (χ1) is 20.8. The molecular weight excluding hydrogens is 554 g/mol. The van der Waals surface area contributed by atoms with Gasteiger partial charge in [-0.3, -0.25) is 4.79 Å². The zero-order chi connectivity index (χ0) is 29.9. The minimum atomic E-state index is -3.70. The Kier molecular flexibility index (Phi) is 8.66. The Morgan fingerprint density at radius 2 is 1.60 bits per heavy atom. The lowest BCUT2D eigenvalue weighted by molar-refractivity contribution is -0.121. The van der Waals surface area contributed by atoms with E-state index < -0.39 is 10.0 Å². The van der Waals surface area contributed by atoms with Crippen molar-refractivity contribution in [3.8, 4) is 0 Å². The van der Waals surface area contributed by atoms with Crippen LogP contribution in [-0.4, -0.2) is 62.8 Å². The number of hydrogen-bond acceptors (Lipinski definition) is 4. The summed E-state index contributed by atoms with van der Waals surface area (Å²) in [6, 6.07) is 31.9. The first kappa shape index (κ1) is 29.5. The van der Waals surface area contributed by atoms with Crippen molar-refractivity contribution in [2.45, 2.75) is 54.9 Å². The Bertz CT molecular complexity index is 1680. The molecule has 0 radical (unpaired) electrons. The minimum Gasteiger partial charge on any atom is -0.353 e. The standard InChI is InChI=1S/C36H41N3O3S/c1-38(43(41,42)34-17-9-14-29-12-5-7-15-32(29)34)27-36(21-18-30-13-6-8-16-33(30)36)22-25-39-23-19-31(20-24-39)37-35(40)26-28-10-3-2-4-11-28/h2-17,31H,18-27H2,1H3,(H,37,40). The van der Waals surface area contributed by atoms with Gasteiger partial charge >= 0.3 is 0 Å². The molecule has 6 rings (SSSR count). The Hall–Kier alpha value is -3.52. The molecule has 6 nitrogen and oxygen atoms in total. The molecule has 1 fully saturated rings. The van der Waals surface area contributed by atoms with Crippen LogP contribution < -0.4 is 5.32 Å². The van der Waals surface area contributed by atoms with Crippen LogP contribution in [0.15, 0.2) is 102 Å². The first-order valence-corrected chi connectivity index (χ1v) is 16.9. The van der Waals surface area contributed by atoms with Gasteiger partial charge in [0.1, 0.15) is 0 Å². The quantitative estimate of drug-likeness (QED) is 0.261. The highest BCUT2D eigenvalue weighted by Crippen LogP contribution is 2.43. The highest BCUT2D eigenvalue weighted by Gasteiger charge is 2.42. The van der Waals surface area contributed by atoms with Crippen molar-refractivity contribution in [3.63, 3.8) is 0 Å². The molecule has 224 valence electrons. The number of fused-ring (bicyclic) bond motifs is 2. The molecule has 0 spiro atoms. The van der Waals surface area contributed by atoms with Crippen LogP contribution in [0.25, 0.3) is 10.8 Å². The number of amides is 1. The van der Waals surface area contributed by atoms with Crippen LogP contribution in [0.3, 0.4) is 0 Å². The second-order valence-corrected chi connectivity index (χ2v) is 14.3. The van der Waals surface area contributed by atoms with Crippen molar-refractivity contribution >= 4 is 26.7 Å². The molecule has 1 heterocycles. The maximum atomic E-state index is 14.0. The third-order valence-corrected chi connectivity index (χ3v) is 11.4. The number of piperidine rings is 1. The number of likely N-dealkylation sites (tertiary alicyclic amines) is 1. The molecule has 1 N–H and O–H groups in total. The molecule has 1 amide bonds. The monoisotopic (exact) mass is 595 g/mol. The van der Waals surface area contributed by atoms with Gasteiger partial charge in [-0.05, 0) is 66.8 Å². The van der Waals surface area contributed by atoms with E-state index >= 15 is 0 Å². The number of nitrogens with zero attached hydrogens (tertiary/aromatic N) is 2. The molecule has 7 heteroatoms. The molecule has 1 atom stereocenters. The van der Waals surface area contributed by atoms with Gasteiger partial charge in [0.25, 0.3) is 0 Å². The predicted octanol–water partition coefficient (Wildman–Crippen LogP) is 5.56. The predicted molar refractivity (Wildman–Crippen MR) is 173 cm³/mol. The molecule has 1 unspecified atom stereocenters. The number of likely N-dealkylation sites (N-methyl/N-ethyl adjacent to an activating group) is 1. The summed E-state index contributed by atoms with van der Waals surface area (Å²) in [4.78, 5) is 15.5. The number of nitrogens with one attached hydrogen (secondary N) is 1. The summed E-state index contributed by atoms with van der Waals surface area (Å²) in [6.07, 6.45) is 5.07. The topological polar surface area (TPSA) is 69.7 Å². The molecule has 0 aromatic heterocycles. The van der Waals surface area contributed by atoms with E-state index in [1.165, 1.54) is 11.1 Å². The second kappa shape index (κ2) is 12.6. The lowest BCUT2D eigenvalue weighted by Gasteiger charge is -2.38. The summed E-state index contributed by atoms with van der Waals surface area (Å²) in [5.41, 5.74) is 3.41. The number of sulfonamides is 1. The van der Waals surface area contributed by atoms with Crippen LogP contribution in [0.2, 0.25) is 0 Å². The third-order valence-electron chi connectivity index (χ3n) is 9.49. The van der Waals surface area contributed by atoms with Crippen LogP contribution in [0.5, 0.6) is 0 Å². The normalized spacial score (nSPS) is 19.5. The van der Waals surface area contributed by atoms with Gasteiger partial charge in [0.15, 0.2) is 0 Å². The van der Waals surface area contributed by atoms with Gasteiger partial charge in [-0.2, -0.15) is 0 Å². The molecular formula is C36H41N3O3S. The zero-order valence-electron chi connectivity index (χ0n) is 24.9. The third kappa shape index (κ3) is 6.40. The number of benzene rings is 4. The number of carbonyl (C=O) groups is 1. The average molecular weight is 596 g/mol. The molecule has 0 bridgehead atoms. The zero-order valence-corrected chi connectivity index (χ0v) is 25.7. The summed E-state index contributed by atoms with van der Waals surface area (Å²) in [7, 11) is -1.96. The van der Waals surface area contributed by atoms with E-state index in [4.69, 9.17) is 0 Å². The lowest BCUT2D eigenvalue weighted by Crippen LogP contribution is -2.47. The highest BCUT2D eigenvalue weighted by atomic mass is 32.2. The minimum absolute atomic E-state index is 0.0848. The maximum absolute atomic E-state index is 14.0. The van der Waals surface area contributed by atoms with E-state index in [1.54, 1.807) is 17.4 Å². The molecule has 0 saturated carbocycles. The van der Waals surface area contributed by atoms with Crippen molar-refractivity contribution in [1.29, 1.82) is 0 Å². The summed E-state index contributed by atoms with van der Waals surface area (Å²) in [6.45, 7) is 3.21. The van der Waals surface area contributed by atoms with Gasteiger partial charge in [0.2, 0.25) is 15.9 Å². The molecule has 4 aromatic rings. The smallest absolute Gasteiger partial charge is 0.243 e. The summed E-state index contributed by atoms with van der Waals surface area (Å²) < 4.78 is 29.6. The Morgan fingerprint density at radius 3 is 2.42 bits per heavy atom. The van der Waals surface area contributed by atoms with Crippen LogP contribution >= 0.6 is 0 Å². The van der Waals surface area contributed by atoms with Gasteiger partial charge in [0, 0.05) is 43.5 Å². The molecule has 2 aliphatic rings. The van der Waals surface area contributed by atoms with E-state index in [0.717, 1.165) is 68.1 Å². The largest absolute Gasteiger partial charge is 0.353 e. The summed E-state index contributed by atoms with van der Waals surface area (Å²) in [5, 5.41) is 4.93. The first-order valence-electron chi connectivity index (χ1n) is 15.4. The number of carbonyl (C=O) groups excluding carboxylic acids is 1. The molecule has 1 aliphatic heterocycles.